The van der Waals surface area contributed by atoms with Crippen molar-refractivity contribution >= 4 is 23.2 Å². The van der Waals surface area contributed by atoms with Crippen LogP contribution in [0.4, 0.5) is 5.69 Å². The van der Waals surface area contributed by atoms with Gasteiger partial charge >= 0.3 is 0 Å². The Labute approximate surface area is 124 Å². The molecule has 4 nitrogen and oxygen atoms in total. The molecule has 0 aromatic heterocycles. The molecule has 1 aromatic carbocycles. The average Bonchev–Trinajstić information content (AvgIpc) is 2.64. The van der Waals surface area contributed by atoms with Crippen LogP contribution in [0.15, 0.2) is 18.2 Å². The minimum absolute atomic E-state index is 0.261. The van der Waals surface area contributed by atoms with Crippen LogP contribution < -0.4 is 11.1 Å². The quantitative estimate of drug-likeness (QED) is 0.593. The van der Waals surface area contributed by atoms with E-state index in [-0.39, 0.29) is 12.5 Å². The molecule has 0 saturated heterocycles. The van der Waals surface area contributed by atoms with Crippen molar-refractivity contribution in [3.63, 3.8) is 0 Å². The highest BCUT2D eigenvalue weighted by Gasteiger charge is 2.28. The van der Waals surface area contributed by atoms with E-state index in [4.69, 9.17) is 17.3 Å². The standard InChI is InChI=1S/C15H21ClN2O2/c16-13-6-5-11(17)9-12(13)14(19)18-10-15(20)7-3-1-2-4-8-15/h5-6,9,20H,1-4,7-8,10,17H2,(H,18,19). The van der Waals surface area contributed by atoms with Gasteiger partial charge in [0.2, 0.25) is 0 Å². The lowest BCUT2D eigenvalue weighted by atomic mass is 9.94. The van der Waals surface area contributed by atoms with Crippen LogP contribution in [-0.2, 0) is 0 Å². The Kier molecular flexibility index (Phi) is 4.89. The van der Waals surface area contributed by atoms with Gasteiger partial charge in [0.15, 0.2) is 0 Å². The van der Waals surface area contributed by atoms with Gasteiger partial charge < -0.3 is 16.2 Å². The number of nitrogens with one attached hydrogen (secondary N) is 1. The van der Waals surface area contributed by atoms with Crippen molar-refractivity contribution in [3.8, 4) is 0 Å². The highest BCUT2D eigenvalue weighted by atomic mass is 35.5. The first-order chi connectivity index (χ1) is 9.50. The molecule has 1 saturated carbocycles. The molecule has 1 amide bonds. The molecule has 0 radical (unpaired) electrons. The molecule has 110 valence electrons. The first-order valence-electron chi connectivity index (χ1n) is 7.06. The van der Waals surface area contributed by atoms with Gasteiger partial charge in [-0.15, -0.1) is 0 Å². The Morgan fingerprint density at radius 1 is 1.30 bits per heavy atom. The van der Waals surface area contributed by atoms with Crippen LogP contribution in [0.5, 0.6) is 0 Å². The second-order valence-corrected chi connectivity index (χ2v) is 5.97. The topological polar surface area (TPSA) is 75.4 Å². The zero-order valence-corrected chi connectivity index (χ0v) is 12.2. The van der Waals surface area contributed by atoms with Crippen molar-refractivity contribution in [2.45, 2.75) is 44.1 Å². The number of carbonyl (C=O) groups excluding carboxylic acids is 1. The van der Waals surface area contributed by atoms with Crippen molar-refractivity contribution in [3.05, 3.63) is 28.8 Å². The highest BCUT2D eigenvalue weighted by molar-refractivity contribution is 6.34. The number of aliphatic hydroxyl groups is 1. The van der Waals surface area contributed by atoms with E-state index in [1.807, 2.05) is 0 Å². The summed E-state index contributed by atoms with van der Waals surface area (Å²) in [5.41, 5.74) is 5.71. The van der Waals surface area contributed by atoms with Gasteiger partial charge in [-0.05, 0) is 31.0 Å². The van der Waals surface area contributed by atoms with Crippen LogP contribution in [0.2, 0.25) is 5.02 Å². The molecule has 0 unspecified atom stereocenters. The lowest BCUT2D eigenvalue weighted by Crippen LogP contribution is -2.42. The maximum atomic E-state index is 12.1. The van der Waals surface area contributed by atoms with E-state index in [2.05, 4.69) is 5.32 Å². The van der Waals surface area contributed by atoms with Gasteiger partial charge in [-0.2, -0.15) is 0 Å². The molecular formula is C15H21ClN2O2. The molecule has 1 aliphatic carbocycles. The highest BCUT2D eigenvalue weighted by Crippen LogP contribution is 2.26. The Bertz CT molecular complexity index is 483. The lowest BCUT2D eigenvalue weighted by molar-refractivity contribution is 0.0246. The molecule has 2 rings (SSSR count). The monoisotopic (exact) mass is 296 g/mol. The van der Waals surface area contributed by atoms with Gasteiger partial charge in [-0.3, -0.25) is 4.79 Å². The van der Waals surface area contributed by atoms with Crippen molar-refractivity contribution in [1.82, 2.24) is 5.32 Å². The van der Waals surface area contributed by atoms with E-state index >= 15 is 0 Å². The molecule has 0 aliphatic heterocycles. The van der Waals surface area contributed by atoms with Crippen molar-refractivity contribution in [2.75, 3.05) is 12.3 Å². The molecule has 1 aliphatic rings. The number of nitrogens with two attached hydrogens (primary N) is 1. The van der Waals surface area contributed by atoms with E-state index in [9.17, 15) is 9.90 Å². The fraction of sp³-hybridized carbons (Fsp3) is 0.533. The summed E-state index contributed by atoms with van der Waals surface area (Å²) < 4.78 is 0. The maximum Gasteiger partial charge on any atom is 0.252 e. The third-order valence-electron chi connectivity index (χ3n) is 3.85. The first kappa shape index (κ1) is 15.1. The molecule has 20 heavy (non-hydrogen) atoms. The smallest absolute Gasteiger partial charge is 0.252 e. The van der Waals surface area contributed by atoms with Crippen molar-refractivity contribution in [2.24, 2.45) is 0 Å². The number of benzene rings is 1. The summed E-state index contributed by atoms with van der Waals surface area (Å²) in [6, 6.07) is 4.80. The Balaban J connectivity index is 1.99. The third kappa shape index (κ3) is 3.87. The summed E-state index contributed by atoms with van der Waals surface area (Å²) in [6.07, 6.45) is 5.78. The van der Waals surface area contributed by atoms with E-state index < -0.39 is 5.60 Å². The predicted molar refractivity (Wildman–Crippen MR) is 80.8 cm³/mol. The molecule has 1 fully saturated rings. The summed E-state index contributed by atoms with van der Waals surface area (Å²) in [6.45, 7) is 0.261. The Morgan fingerprint density at radius 3 is 2.60 bits per heavy atom. The molecule has 4 N–H and O–H groups in total. The Morgan fingerprint density at radius 2 is 1.95 bits per heavy atom. The van der Waals surface area contributed by atoms with Gasteiger partial charge in [0, 0.05) is 12.2 Å². The van der Waals surface area contributed by atoms with Crippen LogP contribution in [0.3, 0.4) is 0 Å². The number of anilines is 1. The van der Waals surface area contributed by atoms with E-state index in [1.54, 1.807) is 18.2 Å². The minimum atomic E-state index is -0.793. The molecule has 0 spiro atoms. The molecule has 5 heteroatoms. The molecule has 0 atom stereocenters. The zero-order valence-electron chi connectivity index (χ0n) is 11.5. The second-order valence-electron chi connectivity index (χ2n) is 5.56. The molecule has 1 aromatic rings. The van der Waals surface area contributed by atoms with Crippen molar-refractivity contribution in [1.29, 1.82) is 0 Å². The van der Waals surface area contributed by atoms with Gasteiger partial charge in [-0.25, -0.2) is 0 Å². The molecule has 0 heterocycles. The SMILES string of the molecule is Nc1ccc(Cl)c(C(=O)NCC2(O)CCCCCC2)c1. The predicted octanol–water partition coefficient (Wildman–Crippen LogP) is 2.74. The number of halogens is 1. The number of nitrogen functional groups attached to an aromatic ring is 1. The van der Waals surface area contributed by atoms with Crippen LogP contribution in [0.25, 0.3) is 0 Å². The average molecular weight is 297 g/mol. The summed E-state index contributed by atoms with van der Waals surface area (Å²) in [5, 5.41) is 13.6. The first-order valence-corrected chi connectivity index (χ1v) is 7.44. The molecule has 0 bridgehead atoms. The van der Waals surface area contributed by atoms with Gasteiger partial charge in [-0.1, -0.05) is 37.3 Å². The summed E-state index contributed by atoms with van der Waals surface area (Å²) in [5.74, 6) is -0.292. The van der Waals surface area contributed by atoms with Crippen LogP contribution in [-0.4, -0.2) is 23.2 Å². The minimum Gasteiger partial charge on any atom is -0.399 e. The fourth-order valence-electron chi connectivity index (χ4n) is 2.62. The number of hydrogen-bond donors (Lipinski definition) is 3. The summed E-state index contributed by atoms with van der Waals surface area (Å²) in [4.78, 5) is 12.1. The van der Waals surface area contributed by atoms with Crippen molar-refractivity contribution < 1.29 is 9.90 Å². The van der Waals surface area contributed by atoms with E-state index in [1.165, 1.54) is 0 Å². The number of rotatable bonds is 3. The normalized spacial score (nSPS) is 18.3. The van der Waals surface area contributed by atoms with Gasteiger partial charge in [0.1, 0.15) is 0 Å². The Hall–Kier alpha value is -1.26. The van der Waals surface area contributed by atoms with Crippen LogP contribution >= 0.6 is 11.6 Å². The van der Waals surface area contributed by atoms with Crippen LogP contribution in [0, 0.1) is 0 Å². The molecular weight excluding hydrogens is 276 g/mol. The summed E-state index contributed by atoms with van der Waals surface area (Å²) >= 11 is 5.99. The van der Waals surface area contributed by atoms with E-state index in [0.29, 0.717) is 16.3 Å². The lowest BCUT2D eigenvalue weighted by Gasteiger charge is -2.26. The summed E-state index contributed by atoms with van der Waals surface area (Å²) in [7, 11) is 0. The number of amides is 1. The zero-order chi connectivity index (χ0) is 14.6. The fourth-order valence-corrected chi connectivity index (χ4v) is 2.82. The number of carbonyl (C=O) groups is 1. The third-order valence-corrected chi connectivity index (χ3v) is 4.18. The van der Waals surface area contributed by atoms with Gasteiger partial charge in [0.25, 0.3) is 5.91 Å². The number of hydrogen-bond acceptors (Lipinski definition) is 3. The van der Waals surface area contributed by atoms with Crippen LogP contribution in [0.1, 0.15) is 48.9 Å². The second kappa shape index (κ2) is 6.46. The maximum absolute atomic E-state index is 12.1. The van der Waals surface area contributed by atoms with Gasteiger partial charge in [0.05, 0.1) is 16.2 Å². The largest absolute Gasteiger partial charge is 0.399 e. The van der Waals surface area contributed by atoms with E-state index in [0.717, 1.165) is 38.5 Å².